The van der Waals surface area contributed by atoms with E-state index in [1.165, 1.54) is 167 Å². The number of nitrogens with zero attached hydrogens (tertiary/aromatic N) is 1. The molecule has 0 rings (SSSR count). The summed E-state index contributed by atoms with van der Waals surface area (Å²) >= 11 is 0. The molecular weight excluding hydrogens is 695 g/mol. The molecule has 0 aliphatic rings. The van der Waals surface area contributed by atoms with Crippen molar-refractivity contribution in [2.75, 3.05) is 40.9 Å². The number of rotatable bonds is 43. The second-order valence-electron chi connectivity index (χ2n) is 17.5. The maximum absolute atomic E-state index is 12.9. The van der Waals surface area contributed by atoms with Gasteiger partial charge in [0.05, 0.1) is 39.9 Å². The van der Waals surface area contributed by atoms with Gasteiger partial charge in [0.1, 0.15) is 13.2 Å². The fourth-order valence-electron chi connectivity index (χ4n) is 7.10. The molecule has 0 bridgehead atoms. The number of nitrogens with one attached hydrogen (secondary N) is 1. The van der Waals surface area contributed by atoms with E-state index in [2.05, 4.69) is 19.2 Å². The van der Waals surface area contributed by atoms with Crippen molar-refractivity contribution in [1.82, 2.24) is 5.32 Å². The van der Waals surface area contributed by atoms with Crippen LogP contribution in [0.15, 0.2) is 0 Å². The largest absolute Gasteiger partial charge is 0.756 e. The predicted molar refractivity (Wildman–Crippen MR) is 229 cm³/mol. The molecule has 54 heavy (non-hydrogen) atoms. The predicted octanol–water partition coefficient (Wildman–Crippen LogP) is 12.3. The first-order valence-corrected chi connectivity index (χ1v) is 24.8. The van der Waals surface area contributed by atoms with E-state index < -0.39 is 20.0 Å². The maximum atomic E-state index is 12.9. The second kappa shape index (κ2) is 38.0. The van der Waals surface area contributed by atoms with Crippen molar-refractivity contribution in [2.45, 2.75) is 244 Å². The first-order valence-electron chi connectivity index (χ1n) is 23.4. The third kappa shape index (κ3) is 39.7. The molecule has 3 atom stereocenters. The molecular formula is C45H93N2O6P. The van der Waals surface area contributed by atoms with Crippen LogP contribution < -0.4 is 10.2 Å². The third-order valence-corrected chi connectivity index (χ3v) is 11.8. The van der Waals surface area contributed by atoms with Gasteiger partial charge in [-0.05, 0) is 12.8 Å². The summed E-state index contributed by atoms with van der Waals surface area (Å²) in [5, 5.41) is 13.9. The quantitative estimate of drug-likeness (QED) is 0.0362. The number of hydrogen-bond acceptors (Lipinski definition) is 6. The number of amides is 1. The molecule has 0 fully saturated rings. The van der Waals surface area contributed by atoms with E-state index in [1.54, 1.807) is 0 Å². The highest BCUT2D eigenvalue weighted by molar-refractivity contribution is 7.45. The summed E-state index contributed by atoms with van der Waals surface area (Å²) in [6.07, 6.45) is 41.0. The highest BCUT2D eigenvalue weighted by Crippen LogP contribution is 2.38. The summed E-state index contributed by atoms with van der Waals surface area (Å²) in [6.45, 7) is 4.74. The van der Waals surface area contributed by atoms with Gasteiger partial charge in [0.25, 0.3) is 7.82 Å². The topological polar surface area (TPSA) is 108 Å². The number of unbranched alkanes of at least 4 members (excludes halogenated alkanes) is 30. The van der Waals surface area contributed by atoms with E-state index in [0.717, 1.165) is 38.5 Å². The minimum atomic E-state index is -4.56. The lowest BCUT2D eigenvalue weighted by Gasteiger charge is -2.30. The zero-order chi connectivity index (χ0) is 40.0. The third-order valence-electron chi connectivity index (χ3n) is 10.8. The Kier molecular flexibility index (Phi) is 37.7. The molecule has 2 N–H and O–H groups in total. The van der Waals surface area contributed by atoms with Crippen molar-refractivity contribution in [3.05, 3.63) is 0 Å². The van der Waals surface area contributed by atoms with Gasteiger partial charge in [-0.2, -0.15) is 0 Å². The van der Waals surface area contributed by atoms with Crippen molar-refractivity contribution in [2.24, 2.45) is 0 Å². The van der Waals surface area contributed by atoms with E-state index >= 15 is 0 Å². The molecule has 0 aliphatic heterocycles. The van der Waals surface area contributed by atoms with Gasteiger partial charge in [-0.1, -0.05) is 213 Å². The summed E-state index contributed by atoms with van der Waals surface area (Å²) < 4.78 is 23.3. The molecule has 9 heteroatoms. The van der Waals surface area contributed by atoms with Crippen LogP contribution in [0.3, 0.4) is 0 Å². The van der Waals surface area contributed by atoms with Crippen LogP contribution in [0.25, 0.3) is 0 Å². The lowest BCUT2D eigenvalue weighted by molar-refractivity contribution is -0.870. The van der Waals surface area contributed by atoms with Gasteiger partial charge in [0, 0.05) is 6.42 Å². The minimum Gasteiger partial charge on any atom is -0.756 e. The summed E-state index contributed by atoms with van der Waals surface area (Å²) in [5.74, 6) is -0.161. The number of carbonyl (C=O) groups excluding carboxylic acids is 1. The van der Waals surface area contributed by atoms with Crippen LogP contribution in [-0.2, 0) is 18.4 Å². The van der Waals surface area contributed by atoms with Crippen LogP contribution in [0, 0.1) is 0 Å². The SMILES string of the molecule is CCCCCCCCCCCCCCCCCCCCCCC(=O)NC(COP(=O)([O-])OCC[N+](C)(C)C)C(O)CCCCCCCCCCCCCC. The van der Waals surface area contributed by atoms with Crippen LogP contribution in [0.1, 0.15) is 232 Å². The Labute approximate surface area is 336 Å². The molecule has 3 unspecified atom stereocenters. The molecule has 1 amide bonds. The molecule has 0 radical (unpaired) electrons. The van der Waals surface area contributed by atoms with Crippen LogP contribution >= 0.6 is 7.82 Å². The minimum absolute atomic E-state index is 0.0160. The van der Waals surface area contributed by atoms with E-state index in [0.29, 0.717) is 23.9 Å². The number of aliphatic hydroxyl groups excluding tert-OH is 1. The smallest absolute Gasteiger partial charge is 0.268 e. The van der Waals surface area contributed by atoms with Crippen LogP contribution in [0.4, 0.5) is 0 Å². The standard InChI is InChI=1S/C45H93N2O6P/c1-6-8-10-12-14-16-18-20-21-22-23-24-25-26-27-29-31-33-35-37-39-45(49)46-43(42-53-54(50,51)52-41-40-47(3,4)5)44(48)38-36-34-32-30-28-19-17-15-13-11-9-7-2/h43-44,48H,6-42H2,1-5H3,(H-,46,49,50,51). The van der Waals surface area contributed by atoms with Gasteiger partial charge in [0.15, 0.2) is 0 Å². The molecule has 0 aromatic heterocycles. The van der Waals surface area contributed by atoms with Crippen molar-refractivity contribution in [3.63, 3.8) is 0 Å². The van der Waals surface area contributed by atoms with E-state index in [4.69, 9.17) is 9.05 Å². The number of quaternary nitrogens is 1. The number of phosphoric acid groups is 1. The van der Waals surface area contributed by atoms with E-state index in [-0.39, 0.29) is 19.1 Å². The summed E-state index contributed by atoms with van der Waals surface area (Å²) in [5.41, 5.74) is 0. The number of carbonyl (C=O) groups is 1. The van der Waals surface area contributed by atoms with Gasteiger partial charge < -0.3 is 28.8 Å². The average Bonchev–Trinajstić information content (AvgIpc) is 3.12. The van der Waals surface area contributed by atoms with Crippen LogP contribution in [-0.4, -0.2) is 68.5 Å². The van der Waals surface area contributed by atoms with Gasteiger partial charge in [-0.3, -0.25) is 9.36 Å². The van der Waals surface area contributed by atoms with Gasteiger partial charge >= 0.3 is 0 Å². The number of phosphoric ester groups is 1. The zero-order valence-electron chi connectivity index (χ0n) is 36.7. The highest BCUT2D eigenvalue weighted by atomic mass is 31.2. The summed E-state index contributed by atoms with van der Waals surface area (Å²) in [6, 6.07) is -0.792. The molecule has 0 heterocycles. The first-order chi connectivity index (χ1) is 26.0. The Balaban J connectivity index is 4.23. The number of hydrogen-bond donors (Lipinski definition) is 2. The van der Waals surface area contributed by atoms with Crippen molar-refractivity contribution < 1.29 is 32.9 Å². The molecule has 0 spiro atoms. The van der Waals surface area contributed by atoms with Crippen molar-refractivity contribution >= 4 is 13.7 Å². The van der Waals surface area contributed by atoms with Gasteiger partial charge in [0.2, 0.25) is 5.91 Å². The molecule has 0 aliphatic carbocycles. The fraction of sp³-hybridized carbons (Fsp3) is 0.978. The molecule has 0 aromatic rings. The van der Waals surface area contributed by atoms with Crippen molar-refractivity contribution in [3.8, 4) is 0 Å². The maximum Gasteiger partial charge on any atom is 0.268 e. The lowest BCUT2D eigenvalue weighted by Crippen LogP contribution is -2.46. The lowest BCUT2D eigenvalue weighted by atomic mass is 10.0. The average molecular weight is 789 g/mol. The van der Waals surface area contributed by atoms with Gasteiger partial charge in [-0.25, -0.2) is 0 Å². The first kappa shape index (κ1) is 53.5. The monoisotopic (exact) mass is 789 g/mol. The summed E-state index contributed by atoms with van der Waals surface area (Å²) in [7, 11) is 1.32. The molecule has 8 nitrogen and oxygen atoms in total. The number of aliphatic hydroxyl groups is 1. The Bertz CT molecular complexity index is 855. The van der Waals surface area contributed by atoms with Crippen molar-refractivity contribution in [1.29, 1.82) is 0 Å². The Morgan fingerprint density at radius 1 is 0.574 bits per heavy atom. The van der Waals surface area contributed by atoms with Crippen LogP contribution in [0.2, 0.25) is 0 Å². The number of likely N-dealkylation sites (N-methyl/N-ethyl adjacent to an activating group) is 1. The summed E-state index contributed by atoms with van der Waals surface area (Å²) in [4.78, 5) is 25.3. The molecule has 324 valence electrons. The van der Waals surface area contributed by atoms with E-state index in [1.807, 2.05) is 21.1 Å². The fourth-order valence-corrected chi connectivity index (χ4v) is 7.82. The Morgan fingerprint density at radius 3 is 1.26 bits per heavy atom. The zero-order valence-corrected chi connectivity index (χ0v) is 37.6. The molecule has 0 aromatic carbocycles. The molecule has 0 saturated carbocycles. The Morgan fingerprint density at radius 2 is 0.907 bits per heavy atom. The van der Waals surface area contributed by atoms with Crippen LogP contribution in [0.5, 0.6) is 0 Å². The normalized spacial score (nSPS) is 14.3. The highest BCUT2D eigenvalue weighted by Gasteiger charge is 2.24. The Hall–Kier alpha value is -0.500. The van der Waals surface area contributed by atoms with Gasteiger partial charge in [-0.15, -0.1) is 0 Å². The molecule has 0 saturated heterocycles. The van der Waals surface area contributed by atoms with E-state index in [9.17, 15) is 19.4 Å². The second-order valence-corrected chi connectivity index (χ2v) is 18.9.